The highest BCUT2D eigenvalue weighted by molar-refractivity contribution is 5.57. The van der Waals surface area contributed by atoms with Crippen LogP contribution in [0.2, 0.25) is 0 Å². The normalized spacial score (nSPS) is 16.5. The molecule has 2 aromatic rings. The number of para-hydroxylation sites is 1. The number of hydrogen-bond acceptors (Lipinski definition) is 3. The topological polar surface area (TPSA) is 23.6 Å². The van der Waals surface area contributed by atoms with E-state index in [-0.39, 0.29) is 0 Å². The first kappa shape index (κ1) is 22.8. The van der Waals surface area contributed by atoms with E-state index in [1.807, 2.05) is 0 Å². The molecule has 0 fully saturated rings. The first-order chi connectivity index (χ1) is 15.7. The summed E-state index contributed by atoms with van der Waals surface area (Å²) < 4.78 is 0. The third-order valence-electron chi connectivity index (χ3n) is 7.32. The van der Waals surface area contributed by atoms with Gasteiger partial charge in [0.15, 0.2) is 0 Å². The van der Waals surface area contributed by atoms with E-state index in [1.165, 1.54) is 78.7 Å². The Morgan fingerprint density at radius 2 is 1.84 bits per heavy atom. The molecule has 170 valence electrons. The first-order valence-corrected chi connectivity index (χ1v) is 12.4. The number of carbonyl (C=O) groups excluding carboxylic acids is 1. The third-order valence-corrected chi connectivity index (χ3v) is 7.32. The van der Waals surface area contributed by atoms with Crippen LogP contribution in [0.3, 0.4) is 0 Å². The van der Waals surface area contributed by atoms with Crippen molar-refractivity contribution in [3.05, 3.63) is 76.9 Å². The van der Waals surface area contributed by atoms with Crippen molar-refractivity contribution in [1.29, 1.82) is 0 Å². The lowest BCUT2D eigenvalue weighted by atomic mass is 9.90. The molecule has 2 aromatic carbocycles. The highest BCUT2D eigenvalue weighted by atomic mass is 16.1. The Kier molecular flexibility index (Phi) is 7.81. The fraction of sp³-hybridized carbons (Fsp3) is 0.483. The van der Waals surface area contributed by atoms with Gasteiger partial charge in [0, 0.05) is 44.3 Å². The second-order valence-electron chi connectivity index (χ2n) is 9.56. The molecular weight excluding hydrogens is 392 g/mol. The third kappa shape index (κ3) is 5.32. The summed E-state index contributed by atoms with van der Waals surface area (Å²) in [6, 6.07) is 16.1. The summed E-state index contributed by atoms with van der Waals surface area (Å²) in [4.78, 5) is 16.0. The Morgan fingerprint density at radius 3 is 2.69 bits per heavy atom. The van der Waals surface area contributed by atoms with Crippen LogP contribution in [0.1, 0.15) is 61.3 Å². The number of hydrogen-bond donors (Lipinski definition) is 0. The van der Waals surface area contributed by atoms with Crippen molar-refractivity contribution in [3.8, 4) is 0 Å². The number of rotatable bonds is 11. The Bertz CT molecular complexity index is 935. The van der Waals surface area contributed by atoms with Crippen LogP contribution in [0.15, 0.2) is 54.6 Å². The number of anilines is 1. The molecule has 0 saturated carbocycles. The van der Waals surface area contributed by atoms with E-state index >= 15 is 0 Å². The SMILES string of the molecule is C=C(C)C(CCC=O)N1CCc2cccc(CCCCCN3CCc4ccccc43)c2C1. The molecule has 2 aliphatic heterocycles. The summed E-state index contributed by atoms with van der Waals surface area (Å²) in [7, 11) is 0. The zero-order valence-electron chi connectivity index (χ0n) is 19.7. The Morgan fingerprint density at radius 1 is 1.03 bits per heavy atom. The molecule has 3 heteroatoms. The molecule has 0 N–H and O–H groups in total. The highest BCUT2D eigenvalue weighted by Crippen LogP contribution is 2.29. The van der Waals surface area contributed by atoms with Gasteiger partial charge in [0.25, 0.3) is 0 Å². The molecule has 2 heterocycles. The van der Waals surface area contributed by atoms with Gasteiger partial charge in [-0.05, 0) is 73.8 Å². The number of aldehydes is 1. The average Bonchev–Trinajstić information content (AvgIpc) is 3.22. The lowest BCUT2D eigenvalue weighted by molar-refractivity contribution is -0.108. The van der Waals surface area contributed by atoms with Crippen molar-refractivity contribution in [1.82, 2.24) is 4.90 Å². The maximum absolute atomic E-state index is 10.9. The van der Waals surface area contributed by atoms with Crippen LogP contribution in [0.4, 0.5) is 5.69 Å². The van der Waals surface area contributed by atoms with Gasteiger partial charge in [-0.25, -0.2) is 0 Å². The van der Waals surface area contributed by atoms with Crippen molar-refractivity contribution >= 4 is 12.0 Å². The van der Waals surface area contributed by atoms with Crippen molar-refractivity contribution in [2.24, 2.45) is 0 Å². The minimum absolute atomic E-state index is 0.310. The van der Waals surface area contributed by atoms with Gasteiger partial charge in [0.05, 0.1) is 0 Å². The molecule has 0 aliphatic carbocycles. The zero-order chi connectivity index (χ0) is 22.3. The first-order valence-electron chi connectivity index (χ1n) is 12.4. The molecule has 0 amide bonds. The van der Waals surface area contributed by atoms with Crippen molar-refractivity contribution in [2.75, 3.05) is 24.5 Å². The van der Waals surface area contributed by atoms with E-state index in [1.54, 1.807) is 0 Å². The van der Waals surface area contributed by atoms with Crippen molar-refractivity contribution < 1.29 is 4.79 Å². The molecule has 0 radical (unpaired) electrons. The summed E-state index contributed by atoms with van der Waals surface area (Å²) in [6.45, 7) is 10.7. The predicted molar refractivity (Wildman–Crippen MR) is 134 cm³/mol. The largest absolute Gasteiger partial charge is 0.371 e. The Hall–Kier alpha value is -2.39. The lowest BCUT2D eigenvalue weighted by Gasteiger charge is -2.37. The smallest absolute Gasteiger partial charge is 0.120 e. The molecule has 1 unspecified atom stereocenters. The van der Waals surface area contributed by atoms with E-state index in [2.05, 4.69) is 65.8 Å². The molecule has 0 saturated heterocycles. The number of nitrogens with zero attached hydrogens (tertiary/aromatic N) is 2. The second-order valence-corrected chi connectivity index (χ2v) is 9.56. The fourth-order valence-electron chi connectivity index (χ4n) is 5.57. The number of aryl methyl sites for hydroxylation is 1. The molecule has 0 aromatic heterocycles. The molecule has 0 spiro atoms. The number of carbonyl (C=O) groups is 1. The lowest BCUT2D eigenvalue weighted by Crippen LogP contribution is -2.40. The average molecular weight is 431 g/mol. The van der Waals surface area contributed by atoms with Crippen LogP contribution in [-0.4, -0.2) is 36.9 Å². The minimum atomic E-state index is 0.310. The molecule has 1 atom stereocenters. The molecule has 3 nitrogen and oxygen atoms in total. The molecule has 0 bridgehead atoms. The number of fused-ring (bicyclic) bond motifs is 2. The summed E-state index contributed by atoms with van der Waals surface area (Å²) in [5, 5.41) is 0. The van der Waals surface area contributed by atoms with Gasteiger partial charge < -0.3 is 9.69 Å². The van der Waals surface area contributed by atoms with Gasteiger partial charge in [0.2, 0.25) is 0 Å². The van der Waals surface area contributed by atoms with E-state index in [0.29, 0.717) is 12.5 Å². The van der Waals surface area contributed by atoms with Gasteiger partial charge in [0.1, 0.15) is 6.29 Å². The second kappa shape index (κ2) is 11.0. The van der Waals surface area contributed by atoms with E-state index in [0.717, 1.165) is 32.2 Å². The quantitative estimate of drug-likeness (QED) is 0.258. The Balaban J connectivity index is 1.30. The van der Waals surface area contributed by atoms with Gasteiger partial charge in [-0.3, -0.25) is 4.90 Å². The summed E-state index contributed by atoms with van der Waals surface area (Å²) in [6.07, 6.45) is 9.79. The monoisotopic (exact) mass is 430 g/mol. The van der Waals surface area contributed by atoms with Gasteiger partial charge in [-0.1, -0.05) is 55.0 Å². The van der Waals surface area contributed by atoms with Crippen LogP contribution in [0.25, 0.3) is 0 Å². The molecule has 32 heavy (non-hydrogen) atoms. The maximum atomic E-state index is 10.9. The number of benzene rings is 2. The van der Waals surface area contributed by atoms with Crippen LogP contribution in [-0.2, 0) is 30.6 Å². The predicted octanol–water partition coefficient (Wildman–Crippen LogP) is 5.74. The summed E-state index contributed by atoms with van der Waals surface area (Å²) >= 11 is 0. The van der Waals surface area contributed by atoms with Gasteiger partial charge >= 0.3 is 0 Å². The van der Waals surface area contributed by atoms with Crippen molar-refractivity contribution in [3.63, 3.8) is 0 Å². The fourth-order valence-corrected chi connectivity index (χ4v) is 5.57. The van der Waals surface area contributed by atoms with Crippen LogP contribution >= 0.6 is 0 Å². The minimum Gasteiger partial charge on any atom is -0.371 e. The van der Waals surface area contributed by atoms with E-state index < -0.39 is 0 Å². The highest BCUT2D eigenvalue weighted by Gasteiger charge is 2.25. The standard InChI is InChI=1S/C29H38N2O/c1-23(2)28(15-9-21-32)31-20-16-25-13-8-12-24(27(25)22-31)10-4-3-7-18-30-19-17-26-11-5-6-14-29(26)30/h5-6,8,11-14,21,28H,1,3-4,7,9-10,15-20,22H2,2H3. The number of unbranched alkanes of at least 4 members (excludes halogenated alkanes) is 2. The van der Waals surface area contributed by atoms with Crippen LogP contribution < -0.4 is 4.90 Å². The van der Waals surface area contributed by atoms with Crippen LogP contribution in [0, 0.1) is 0 Å². The zero-order valence-corrected chi connectivity index (χ0v) is 19.7. The van der Waals surface area contributed by atoms with Gasteiger partial charge in [-0.2, -0.15) is 0 Å². The summed E-state index contributed by atoms with van der Waals surface area (Å²) in [5.41, 5.74) is 8.71. The van der Waals surface area contributed by atoms with Crippen LogP contribution in [0.5, 0.6) is 0 Å². The van der Waals surface area contributed by atoms with Crippen molar-refractivity contribution in [2.45, 2.75) is 70.9 Å². The van der Waals surface area contributed by atoms with E-state index in [4.69, 9.17) is 0 Å². The maximum Gasteiger partial charge on any atom is 0.120 e. The molecule has 4 rings (SSSR count). The summed E-state index contributed by atoms with van der Waals surface area (Å²) in [5.74, 6) is 0. The van der Waals surface area contributed by atoms with E-state index in [9.17, 15) is 4.79 Å². The van der Waals surface area contributed by atoms with Gasteiger partial charge in [-0.15, -0.1) is 0 Å². The molecule has 2 aliphatic rings. The Labute approximate surface area is 194 Å². The molecular formula is C29H38N2O.